The molecule has 0 aromatic heterocycles. The first-order chi connectivity index (χ1) is 12.7. The Bertz CT molecular complexity index is 877. The normalized spacial score (nSPS) is 21.8. The maximum atomic E-state index is 13.2. The van der Waals surface area contributed by atoms with Crippen molar-refractivity contribution in [3.63, 3.8) is 0 Å². The van der Waals surface area contributed by atoms with E-state index in [0.717, 1.165) is 11.1 Å². The lowest BCUT2D eigenvalue weighted by Crippen LogP contribution is -2.61. The number of carbonyl (C=O) groups excluding carboxylic acids is 2. The molecule has 2 heterocycles. The summed E-state index contributed by atoms with van der Waals surface area (Å²) < 4.78 is 0. The third-order valence-corrected chi connectivity index (χ3v) is 5.74. The fourth-order valence-electron chi connectivity index (χ4n) is 3.28. The molecular formula is C21H18N2O2S. The molecule has 4 nitrogen and oxygen atoms in total. The first kappa shape index (κ1) is 16.7. The molecule has 26 heavy (non-hydrogen) atoms. The van der Waals surface area contributed by atoms with Gasteiger partial charge in [0.25, 0.3) is 5.91 Å². The molecule has 0 bridgehead atoms. The Morgan fingerprint density at radius 3 is 2.46 bits per heavy atom. The van der Waals surface area contributed by atoms with E-state index in [2.05, 4.69) is 6.58 Å². The standard InChI is InChI=1S/C21H18N2O2S/c1-2-15-8-10-16(11-9-15)14-22-18-12-13-26-19(18)20(24)23(21(22)25)17-6-4-3-5-7-17/h2-13,18-19H,1,14H2. The predicted octanol–water partition coefficient (Wildman–Crippen LogP) is 4.30. The lowest BCUT2D eigenvalue weighted by molar-refractivity contribution is -0.119. The van der Waals surface area contributed by atoms with E-state index in [1.165, 1.54) is 16.7 Å². The van der Waals surface area contributed by atoms with E-state index in [-0.39, 0.29) is 23.2 Å². The van der Waals surface area contributed by atoms with Gasteiger partial charge in [-0.15, -0.1) is 11.8 Å². The molecule has 2 aromatic rings. The summed E-state index contributed by atoms with van der Waals surface area (Å²) in [6.07, 6.45) is 3.74. The van der Waals surface area contributed by atoms with Crippen molar-refractivity contribution in [3.05, 3.63) is 83.8 Å². The van der Waals surface area contributed by atoms with Crippen LogP contribution in [0.15, 0.2) is 72.7 Å². The molecule has 2 aromatic carbocycles. The SMILES string of the molecule is C=Cc1ccc(CN2C(=O)N(c3ccccc3)C(=O)C3SC=CC32)cc1. The molecule has 0 aliphatic carbocycles. The quantitative estimate of drug-likeness (QED) is 0.814. The number of hydrogen-bond acceptors (Lipinski definition) is 3. The Morgan fingerprint density at radius 2 is 1.77 bits per heavy atom. The zero-order valence-electron chi connectivity index (χ0n) is 14.1. The minimum atomic E-state index is -0.291. The molecule has 2 atom stereocenters. The highest BCUT2D eigenvalue weighted by Crippen LogP contribution is 2.37. The number of benzene rings is 2. The molecule has 130 valence electrons. The molecule has 0 spiro atoms. The summed E-state index contributed by atoms with van der Waals surface area (Å²) in [5.74, 6) is -0.153. The van der Waals surface area contributed by atoms with Gasteiger partial charge < -0.3 is 4.90 Å². The van der Waals surface area contributed by atoms with Gasteiger partial charge in [-0.25, -0.2) is 9.69 Å². The Balaban J connectivity index is 1.67. The first-order valence-corrected chi connectivity index (χ1v) is 9.36. The first-order valence-electron chi connectivity index (χ1n) is 8.42. The number of carbonyl (C=O) groups is 2. The summed E-state index contributed by atoms with van der Waals surface area (Å²) in [5, 5.41) is 1.63. The van der Waals surface area contributed by atoms with Crippen LogP contribution in [0.5, 0.6) is 0 Å². The van der Waals surface area contributed by atoms with Crippen LogP contribution in [0.2, 0.25) is 0 Å². The topological polar surface area (TPSA) is 40.6 Å². The third kappa shape index (κ3) is 2.84. The van der Waals surface area contributed by atoms with Gasteiger partial charge in [0.05, 0.1) is 11.7 Å². The Kier molecular flexibility index (Phi) is 4.39. The van der Waals surface area contributed by atoms with Crippen molar-refractivity contribution in [2.45, 2.75) is 17.8 Å². The van der Waals surface area contributed by atoms with Gasteiger partial charge in [-0.3, -0.25) is 4.79 Å². The molecule has 5 heteroatoms. The van der Waals surface area contributed by atoms with Gasteiger partial charge >= 0.3 is 6.03 Å². The molecule has 1 fully saturated rings. The van der Waals surface area contributed by atoms with E-state index in [1.54, 1.807) is 23.1 Å². The average molecular weight is 362 g/mol. The Labute approximate surface area is 156 Å². The zero-order chi connectivity index (χ0) is 18.1. The van der Waals surface area contributed by atoms with Gasteiger partial charge in [0.2, 0.25) is 0 Å². The van der Waals surface area contributed by atoms with Crippen LogP contribution in [0, 0.1) is 0 Å². The summed E-state index contributed by atoms with van der Waals surface area (Å²) in [6, 6.07) is 16.6. The van der Waals surface area contributed by atoms with Crippen molar-refractivity contribution in [1.82, 2.24) is 4.90 Å². The molecular weight excluding hydrogens is 344 g/mol. The highest BCUT2D eigenvalue weighted by atomic mass is 32.2. The molecule has 2 unspecified atom stereocenters. The van der Waals surface area contributed by atoms with Crippen LogP contribution in [0.1, 0.15) is 11.1 Å². The number of fused-ring (bicyclic) bond motifs is 1. The number of imide groups is 1. The number of anilines is 1. The van der Waals surface area contributed by atoms with Crippen molar-refractivity contribution in [1.29, 1.82) is 0 Å². The fraction of sp³-hybridized carbons (Fsp3) is 0.143. The number of hydrogen-bond donors (Lipinski definition) is 0. The van der Waals surface area contributed by atoms with E-state index >= 15 is 0 Å². The monoisotopic (exact) mass is 362 g/mol. The van der Waals surface area contributed by atoms with Crippen LogP contribution < -0.4 is 4.90 Å². The zero-order valence-corrected chi connectivity index (χ0v) is 14.9. The molecule has 0 N–H and O–H groups in total. The van der Waals surface area contributed by atoms with E-state index in [4.69, 9.17) is 0 Å². The predicted molar refractivity (Wildman–Crippen MR) is 106 cm³/mol. The van der Waals surface area contributed by atoms with Crippen molar-refractivity contribution < 1.29 is 9.59 Å². The number of rotatable bonds is 4. The van der Waals surface area contributed by atoms with Gasteiger partial charge in [0, 0.05) is 6.54 Å². The smallest absolute Gasteiger partial charge is 0.312 e. The summed E-state index contributed by atoms with van der Waals surface area (Å²) in [6.45, 7) is 4.22. The molecule has 3 amide bonds. The third-order valence-electron chi connectivity index (χ3n) is 4.65. The second-order valence-electron chi connectivity index (χ2n) is 6.24. The molecule has 0 saturated carbocycles. The number of amides is 3. The lowest BCUT2D eigenvalue weighted by atomic mass is 10.0. The largest absolute Gasteiger partial charge is 0.332 e. The number of para-hydroxylation sites is 1. The second-order valence-corrected chi connectivity index (χ2v) is 7.29. The van der Waals surface area contributed by atoms with Crippen LogP contribution >= 0.6 is 11.8 Å². The summed E-state index contributed by atoms with van der Waals surface area (Å²) in [4.78, 5) is 29.2. The average Bonchev–Trinajstić information content (AvgIpc) is 3.17. The van der Waals surface area contributed by atoms with Crippen molar-refractivity contribution in [2.75, 3.05) is 4.90 Å². The van der Waals surface area contributed by atoms with Crippen LogP contribution in [0.4, 0.5) is 10.5 Å². The van der Waals surface area contributed by atoms with Gasteiger partial charge in [0.15, 0.2) is 0 Å². The number of thioether (sulfide) groups is 1. The lowest BCUT2D eigenvalue weighted by Gasteiger charge is -2.41. The molecule has 2 aliphatic rings. The highest BCUT2D eigenvalue weighted by Gasteiger charge is 2.47. The van der Waals surface area contributed by atoms with E-state index in [0.29, 0.717) is 12.2 Å². The Hall–Kier alpha value is -2.79. The number of urea groups is 1. The van der Waals surface area contributed by atoms with Crippen molar-refractivity contribution in [3.8, 4) is 0 Å². The molecule has 2 aliphatic heterocycles. The minimum absolute atomic E-state index is 0.153. The van der Waals surface area contributed by atoms with Crippen LogP contribution in [0.3, 0.4) is 0 Å². The van der Waals surface area contributed by atoms with Crippen molar-refractivity contribution in [2.24, 2.45) is 0 Å². The molecule has 4 rings (SSSR count). The minimum Gasteiger partial charge on any atom is -0.312 e. The van der Waals surface area contributed by atoms with Gasteiger partial charge in [-0.1, -0.05) is 61.2 Å². The Morgan fingerprint density at radius 1 is 1.04 bits per heavy atom. The maximum absolute atomic E-state index is 13.2. The van der Waals surface area contributed by atoms with Crippen LogP contribution in [-0.4, -0.2) is 28.1 Å². The second kappa shape index (κ2) is 6.84. The van der Waals surface area contributed by atoms with Gasteiger partial charge in [0.1, 0.15) is 5.25 Å². The van der Waals surface area contributed by atoms with Crippen LogP contribution in [-0.2, 0) is 11.3 Å². The van der Waals surface area contributed by atoms with E-state index in [9.17, 15) is 9.59 Å². The molecule has 1 saturated heterocycles. The summed E-state index contributed by atoms with van der Waals surface area (Å²) in [7, 11) is 0. The summed E-state index contributed by atoms with van der Waals surface area (Å²) in [5.41, 5.74) is 2.67. The highest BCUT2D eigenvalue weighted by molar-refractivity contribution is 8.03. The van der Waals surface area contributed by atoms with Gasteiger partial charge in [-0.05, 0) is 28.7 Å². The molecule has 0 radical (unpaired) electrons. The summed E-state index contributed by atoms with van der Waals surface area (Å²) >= 11 is 1.48. The van der Waals surface area contributed by atoms with E-state index < -0.39 is 0 Å². The fourth-order valence-corrected chi connectivity index (χ4v) is 4.33. The van der Waals surface area contributed by atoms with Crippen molar-refractivity contribution >= 4 is 35.5 Å². The van der Waals surface area contributed by atoms with E-state index in [1.807, 2.05) is 53.9 Å². The van der Waals surface area contributed by atoms with Gasteiger partial charge in [-0.2, -0.15) is 0 Å². The maximum Gasteiger partial charge on any atom is 0.332 e. The number of nitrogens with zero attached hydrogens (tertiary/aromatic N) is 2. The van der Waals surface area contributed by atoms with Crippen LogP contribution in [0.25, 0.3) is 6.08 Å².